The number of carbonyl (C=O) groups is 2. The minimum atomic E-state index is -0.755. The molecule has 0 atom stereocenters. The van der Waals surface area contributed by atoms with Crippen molar-refractivity contribution in [1.29, 1.82) is 0 Å². The highest BCUT2D eigenvalue weighted by Crippen LogP contribution is 2.25. The van der Waals surface area contributed by atoms with Gasteiger partial charge in [-0.25, -0.2) is 0 Å². The SMILES string of the molecule is CC(C)(C)NC(=O)CNc1ccc(C(N)=O)cc1[N+](=O)[O-]. The molecule has 0 spiro atoms. The predicted octanol–water partition coefficient (Wildman–Crippen LogP) is 1.02. The molecule has 0 fully saturated rings. The Morgan fingerprint density at radius 2 is 1.95 bits per heavy atom. The van der Waals surface area contributed by atoms with E-state index in [2.05, 4.69) is 10.6 Å². The van der Waals surface area contributed by atoms with E-state index in [1.807, 2.05) is 20.8 Å². The van der Waals surface area contributed by atoms with Gasteiger partial charge in [-0.1, -0.05) is 0 Å². The average molecular weight is 294 g/mol. The summed E-state index contributed by atoms with van der Waals surface area (Å²) in [6.45, 7) is 5.37. The number of nitro groups is 1. The summed E-state index contributed by atoms with van der Waals surface area (Å²) in [5, 5.41) is 16.4. The maximum Gasteiger partial charge on any atom is 0.293 e. The number of hydrogen-bond donors (Lipinski definition) is 3. The zero-order valence-electron chi connectivity index (χ0n) is 12.1. The molecule has 2 amide bonds. The maximum absolute atomic E-state index is 11.7. The molecule has 8 nitrogen and oxygen atoms in total. The molecule has 0 aliphatic heterocycles. The van der Waals surface area contributed by atoms with Gasteiger partial charge in [-0.05, 0) is 32.9 Å². The van der Waals surface area contributed by atoms with E-state index in [1.54, 1.807) is 0 Å². The molecule has 0 saturated heterocycles. The zero-order chi connectivity index (χ0) is 16.2. The quantitative estimate of drug-likeness (QED) is 0.552. The molecule has 0 aromatic heterocycles. The molecule has 21 heavy (non-hydrogen) atoms. The van der Waals surface area contributed by atoms with E-state index >= 15 is 0 Å². The summed E-state index contributed by atoms with van der Waals surface area (Å²) in [7, 11) is 0. The van der Waals surface area contributed by atoms with Crippen LogP contribution in [0.2, 0.25) is 0 Å². The van der Waals surface area contributed by atoms with Crippen molar-refractivity contribution in [2.45, 2.75) is 26.3 Å². The van der Waals surface area contributed by atoms with Gasteiger partial charge in [-0.15, -0.1) is 0 Å². The van der Waals surface area contributed by atoms with Gasteiger partial charge in [0.05, 0.1) is 11.5 Å². The normalized spacial score (nSPS) is 10.8. The Labute approximate surface area is 121 Å². The fourth-order valence-electron chi connectivity index (χ4n) is 1.62. The Morgan fingerprint density at radius 3 is 2.43 bits per heavy atom. The monoisotopic (exact) mass is 294 g/mol. The summed E-state index contributed by atoms with van der Waals surface area (Å²) in [5.74, 6) is -1.05. The number of primary amides is 1. The molecule has 114 valence electrons. The molecule has 1 rings (SSSR count). The number of carbonyl (C=O) groups excluding carboxylic acids is 2. The molecule has 0 aliphatic rings. The van der Waals surface area contributed by atoms with Crippen LogP contribution in [-0.4, -0.2) is 28.8 Å². The lowest BCUT2D eigenvalue weighted by atomic mass is 10.1. The lowest BCUT2D eigenvalue weighted by molar-refractivity contribution is -0.384. The van der Waals surface area contributed by atoms with Crippen molar-refractivity contribution >= 4 is 23.2 Å². The molecule has 0 radical (unpaired) electrons. The molecular weight excluding hydrogens is 276 g/mol. The molecule has 1 aromatic rings. The van der Waals surface area contributed by atoms with E-state index in [-0.39, 0.29) is 34.9 Å². The highest BCUT2D eigenvalue weighted by Gasteiger charge is 2.18. The second-order valence-corrected chi connectivity index (χ2v) is 5.51. The molecule has 0 saturated carbocycles. The van der Waals surface area contributed by atoms with Gasteiger partial charge in [0, 0.05) is 17.2 Å². The van der Waals surface area contributed by atoms with E-state index in [4.69, 9.17) is 5.73 Å². The van der Waals surface area contributed by atoms with Gasteiger partial charge in [-0.2, -0.15) is 0 Å². The van der Waals surface area contributed by atoms with E-state index in [1.165, 1.54) is 12.1 Å². The Hall–Kier alpha value is -2.64. The Bertz CT molecular complexity index is 578. The summed E-state index contributed by atoms with van der Waals surface area (Å²) in [5.41, 5.74) is 4.56. The van der Waals surface area contributed by atoms with E-state index in [0.717, 1.165) is 6.07 Å². The molecule has 0 heterocycles. The van der Waals surface area contributed by atoms with Crippen LogP contribution >= 0.6 is 0 Å². The zero-order valence-corrected chi connectivity index (χ0v) is 12.1. The fourth-order valence-corrected chi connectivity index (χ4v) is 1.62. The highest BCUT2D eigenvalue weighted by molar-refractivity contribution is 5.94. The maximum atomic E-state index is 11.7. The number of nitrogens with zero attached hydrogens (tertiary/aromatic N) is 1. The number of nitrogens with one attached hydrogen (secondary N) is 2. The van der Waals surface area contributed by atoms with Crippen molar-refractivity contribution in [2.75, 3.05) is 11.9 Å². The summed E-state index contributed by atoms with van der Waals surface area (Å²) < 4.78 is 0. The summed E-state index contributed by atoms with van der Waals surface area (Å²) in [4.78, 5) is 33.0. The molecule has 0 aliphatic carbocycles. The van der Waals surface area contributed by atoms with Crippen molar-refractivity contribution in [3.05, 3.63) is 33.9 Å². The third-order valence-electron chi connectivity index (χ3n) is 2.43. The second-order valence-electron chi connectivity index (χ2n) is 5.51. The van der Waals surface area contributed by atoms with Crippen LogP contribution in [-0.2, 0) is 4.79 Å². The number of amides is 2. The fraction of sp³-hybridized carbons (Fsp3) is 0.385. The minimum Gasteiger partial charge on any atom is -0.371 e. The molecule has 4 N–H and O–H groups in total. The largest absolute Gasteiger partial charge is 0.371 e. The number of nitro benzene ring substituents is 1. The number of rotatable bonds is 5. The number of nitrogens with two attached hydrogens (primary N) is 1. The van der Waals surface area contributed by atoms with Crippen molar-refractivity contribution in [1.82, 2.24) is 5.32 Å². The lowest BCUT2D eigenvalue weighted by Crippen LogP contribution is -2.43. The van der Waals surface area contributed by atoms with Gasteiger partial charge in [0.25, 0.3) is 5.69 Å². The summed E-state index contributed by atoms with van der Waals surface area (Å²) in [6, 6.07) is 3.79. The smallest absolute Gasteiger partial charge is 0.293 e. The third kappa shape index (κ3) is 5.09. The molecular formula is C13H18N4O4. The number of anilines is 1. The third-order valence-corrected chi connectivity index (χ3v) is 2.43. The van der Waals surface area contributed by atoms with Crippen LogP contribution < -0.4 is 16.4 Å². The lowest BCUT2D eigenvalue weighted by Gasteiger charge is -2.20. The Morgan fingerprint density at radius 1 is 1.33 bits per heavy atom. The van der Waals surface area contributed by atoms with Crippen LogP contribution in [0.3, 0.4) is 0 Å². The Balaban J connectivity index is 2.86. The van der Waals surface area contributed by atoms with Crippen LogP contribution in [0.5, 0.6) is 0 Å². The summed E-state index contributed by atoms with van der Waals surface area (Å²) >= 11 is 0. The van der Waals surface area contributed by atoms with Crippen molar-refractivity contribution in [3.8, 4) is 0 Å². The van der Waals surface area contributed by atoms with Gasteiger partial charge in [0.15, 0.2) is 0 Å². The topological polar surface area (TPSA) is 127 Å². The molecule has 8 heteroatoms. The number of hydrogen-bond acceptors (Lipinski definition) is 5. The van der Waals surface area contributed by atoms with Gasteiger partial charge in [0.1, 0.15) is 5.69 Å². The average Bonchev–Trinajstić information content (AvgIpc) is 2.33. The summed E-state index contributed by atoms with van der Waals surface area (Å²) in [6.07, 6.45) is 0. The molecule has 0 bridgehead atoms. The Kier molecular flexibility index (Phi) is 4.85. The van der Waals surface area contributed by atoms with E-state index in [0.29, 0.717) is 0 Å². The highest BCUT2D eigenvalue weighted by atomic mass is 16.6. The first kappa shape index (κ1) is 16.4. The van der Waals surface area contributed by atoms with Gasteiger partial charge in [-0.3, -0.25) is 19.7 Å². The van der Waals surface area contributed by atoms with Crippen molar-refractivity contribution < 1.29 is 14.5 Å². The molecule has 1 aromatic carbocycles. The van der Waals surface area contributed by atoms with Gasteiger partial charge < -0.3 is 16.4 Å². The first-order valence-corrected chi connectivity index (χ1v) is 6.23. The molecule has 0 unspecified atom stereocenters. The minimum absolute atomic E-state index is 0.0337. The standard InChI is InChI=1S/C13H18N4O4/c1-13(2,3)16-11(18)7-15-9-5-4-8(12(14)19)6-10(9)17(20)21/h4-6,15H,7H2,1-3H3,(H2,14,19)(H,16,18). The first-order valence-electron chi connectivity index (χ1n) is 6.23. The van der Waals surface area contributed by atoms with Gasteiger partial charge >= 0.3 is 0 Å². The van der Waals surface area contributed by atoms with Crippen LogP contribution in [0.4, 0.5) is 11.4 Å². The van der Waals surface area contributed by atoms with Crippen molar-refractivity contribution in [2.24, 2.45) is 5.73 Å². The van der Waals surface area contributed by atoms with Crippen molar-refractivity contribution in [3.63, 3.8) is 0 Å². The van der Waals surface area contributed by atoms with Crippen LogP contribution in [0, 0.1) is 10.1 Å². The predicted molar refractivity (Wildman–Crippen MR) is 78.0 cm³/mol. The van der Waals surface area contributed by atoms with Gasteiger partial charge in [0.2, 0.25) is 11.8 Å². The van der Waals surface area contributed by atoms with Crippen LogP contribution in [0.25, 0.3) is 0 Å². The van der Waals surface area contributed by atoms with Crippen LogP contribution in [0.1, 0.15) is 31.1 Å². The van der Waals surface area contributed by atoms with E-state index < -0.39 is 10.8 Å². The number of benzene rings is 1. The van der Waals surface area contributed by atoms with E-state index in [9.17, 15) is 19.7 Å². The first-order chi connectivity index (χ1) is 9.60. The van der Waals surface area contributed by atoms with Crippen LogP contribution in [0.15, 0.2) is 18.2 Å². The second kappa shape index (κ2) is 6.21.